The maximum absolute atomic E-state index is 5.89. The van der Waals surface area contributed by atoms with E-state index < -0.39 is 0 Å². The molecule has 0 spiro atoms. The number of benzene rings is 2. The zero-order chi connectivity index (χ0) is 14.5. The van der Waals surface area contributed by atoms with E-state index in [-0.39, 0.29) is 0 Å². The summed E-state index contributed by atoms with van der Waals surface area (Å²) < 4.78 is 5.89. The van der Waals surface area contributed by atoms with E-state index in [0.29, 0.717) is 5.92 Å². The molecule has 2 heteroatoms. The fourth-order valence-corrected chi connectivity index (χ4v) is 2.47. The molecular formula is C19H19NO. The van der Waals surface area contributed by atoms with Crippen molar-refractivity contribution >= 4 is 10.8 Å². The topological polar surface area (TPSA) is 22.1 Å². The molecule has 0 aliphatic heterocycles. The normalized spacial score (nSPS) is 12.2. The van der Waals surface area contributed by atoms with Gasteiger partial charge in [-0.05, 0) is 52.9 Å². The number of nitrogens with zero attached hydrogens (tertiary/aromatic N) is 1. The lowest BCUT2D eigenvalue weighted by molar-refractivity contribution is 0.301. The van der Waals surface area contributed by atoms with Crippen LogP contribution in [0.25, 0.3) is 10.8 Å². The molecule has 3 aromatic rings. The first-order valence-electron chi connectivity index (χ1n) is 7.34. The van der Waals surface area contributed by atoms with Crippen LogP contribution < -0.4 is 4.74 Å². The first kappa shape index (κ1) is 13.6. The minimum Gasteiger partial charge on any atom is -0.494 e. The molecule has 0 aliphatic carbocycles. The first-order chi connectivity index (χ1) is 10.3. The predicted octanol–water partition coefficient (Wildman–Crippen LogP) is 4.81. The van der Waals surface area contributed by atoms with Crippen LogP contribution in [0.15, 0.2) is 67.0 Å². The first-order valence-corrected chi connectivity index (χ1v) is 7.34. The van der Waals surface area contributed by atoms with E-state index in [1.165, 1.54) is 16.3 Å². The van der Waals surface area contributed by atoms with Gasteiger partial charge in [-0.1, -0.05) is 37.3 Å². The van der Waals surface area contributed by atoms with E-state index in [1.54, 1.807) is 0 Å². The average molecular weight is 277 g/mol. The Hall–Kier alpha value is -2.35. The van der Waals surface area contributed by atoms with Crippen LogP contribution in [0.1, 0.15) is 24.8 Å². The van der Waals surface area contributed by atoms with Gasteiger partial charge in [-0.25, -0.2) is 0 Å². The summed E-state index contributed by atoms with van der Waals surface area (Å²) in [6.07, 6.45) is 4.68. The zero-order valence-corrected chi connectivity index (χ0v) is 12.2. The van der Waals surface area contributed by atoms with Gasteiger partial charge in [0.1, 0.15) is 5.75 Å². The lowest BCUT2D eigenvalue weighted by Gasteiger charge is -2.13. The van der Waals surface area contributed by atoms with Crippen LogP contribution in [-0.4, -0.2) is 11.6 Å². The molecule has 0 N–H and O–H groups in total. The molecule has 0 fully saturated rings. The van der Waals surface area contributed by atoms with Gasteiger partial charge in [0.05, 0.1) is 6.61 Å². The van der Waals surface area contributed by atoms with Gasteiger partial charge < -0.3 is 4.74 Å². The van der Waals surface area contributed by atoms with E-state index >= 15 is 0 Å². The van der Waals surface area contributed by atoms with Crippen molar-refractivity contribution in [1.29, 1.82) is 0 Å². The summed E-state index contributed by atoms with van der Waals surface area (Å²) in [4.78, 5) is 4.05. The minimum absolute atomic E-state index is 0.480. The maximum atomic E-state index is 5.89. The molecule has 0 saturated heterocycles. The predicted molar refractivity (Wildman–Crippen MR) is 86.7 cm³/mol. The fraction of sp³-hybridized carbons (Fsp3) is 0.211. The number of hydrogen-bond acceptors (Lipinski definition) is 2. The molecule has 0 bridgehead atoms. The molecule has 0 saturated carbocycles. The summed E-state index contributed by atoms with van der Waals surface area (Å²) in [5.74, 6) is 1.42. The Morgan fingerprint density at radius 2 is 1.71 bits per heavy atom. The Morgan fingerprint density at radius 1 is 0.952 bits per heavy atom. The number of fused-ring (bicyclic) bond motifs is 1. The van der Waals surface area contributed by atoms with Crippen molar-refractivity contribution in [2.75, 3.05) is 6.61 Å². The molecule has 106 valence electrons. The van der Waals surface area contributed by atoms with Gasteiger partial charge in [0.2, 0.25) is 0 Å². The zero-order valence-electron chi connectivity index (χ0n) is 12.2. The number of hydrogen-bond donors (Lipinski definition) is 0. The van der Waals surface area contributed by atoms with Crippen LogP contribution in [0.3, 0.4) is 0 Å². The summed E-state index contributed by atoms with van der Waals surface area (Å²) in [5.41, 5.74) is 1.31. The van der Waals surface area contributed by atoms with E-state index in [9.17, 15) is 0 Å². The fourth-order valence-electron chi connectivity index (χ4n) is 2.47. The monoisotopic (exact) mass is 277 g/mol. The smallest absolute Gasteiger partial charge is 0.119 e. The second-order valence-corrected chi connectivity index (χ2v) is 5.33. The second-order valence-electron chi connectivity index (χ2n) is 5.33. The van der Waals surface area contributed by atoms with Gasteiger partial charge in [0.25, 0.3) is 0 Å². The Balaban J connectivity index is 1.59. The molecule has 1 atom stereocenters. The van der Waals surface area contributed by atoms with Gasteiger partial charge >= 0.3 is 0 Å². The van der Waals surface area contributed by atoms with Crippen LogP contribution in [0.2, 0.25) is 0 Å². The van der Waals surface area contributed by atoms with E-state index in [1.807, 2.05) is 18.5 Å². The average Bonchev–Trinajstić information content (AvgIpc) is 2.55. The van der Waals surface area contributed by atoms with Crippen molar-refractivity contribution < 1.29 is 4.74 Å². The van der Waals surface area contributed by atoms with E-state index in [2.05, 4.69) is 60.4 Å². The van der Waals surface area contributed by atoms with Crippen LogP contribution >= 0.6 is 0 Å². The SMILES string of the molecule is CC(CCOc1ccc2ccccc2c1)c1ccncc1. The molecule has 2 aromatic carbocycles. The van der Waals surface area contributed by atoms with Crippen molar-refractivity contribution in [3.63, 3.8) is 0 Å². The standard InChI is InChI=1S/C19H19NO/c1-15(16-8-11-20-12-9-16)10-13-21-19-7-6-17-4-2-3-5-18(17)14-19/h2-9,11-12,14-15H,10,13H2,1H3. The Kier molecular flexibility index (Phi) is 4.15. The quantitative estimate of drug-likeness (QED) is 0.668. The molecule has 3 rings (SSSR count). The third-order valence-electron chi connectivity index (χ3n) is 3.82. The highest BCUT2D eigenvalue weighted by Crippen LogP contribution is 2.22. The second kappa shape index (κ2) is 6.40. The van der Waals surface area contributed by atoms with Gasteiger partial charge in [-0.3, -0.25) is 4.98 Å². The summed E-state index contributed by atoms with van der Waals surface area (Å²) >= 11 is 0. The van der Waals surface area contributed by atoms with Gasteiger partial charge in [0.15, 0.2) is 0 Å². The van der Waals surface area contributed by atoms with Crippen LogP contribution in [0.4, 0.5) is 0 Å². The van der Waals surface area contributed by atoms with Crippen molar-refractivity contribution in [3.05, 3.63) is 72.6 Å². The van der Waals surface area contributed by atoms with Crippen molar-refractivity contribution in [3.8, 4) is 5.75 Å². The Bertz CT molecular complexity index is 709. The van der Waals surface area contributed by atoms with E-state index in [0.717, 1.165) is 18.8 Å². The molecule has 0 aliphatic rings. The maximum Gasteiger partial charge on any atom is 0.119 e. The van der Waals surface area contributed by atoms with Crippen molar-refractivity contribution in [2.45, 2.75) is 19.3 Å². The number of pyridine rings is 1. The van der Waals surface area contributed by atoms with Gasteiger partial charge in [-0.15, -0.1) is 0 Å². The third-order valence-corrected chi connectivity index (χ3v) is 3.82. The summed E-state index contributed by atoms with van der Waals surface area (Å²) in [6.45, 7) is 2.95. The Morgan fingerprint density at radius 3 is 2.52 bits per heavy atom. The largest absolute Gasteiger partial charge is 0.494 e. The van der Waals surface area contributed by atoms with Crippen molar-refractivity contribution in [2.24, 2.45) is 0 Å². The number of aromatic nitrogens is 1. The lowest BCUT2D eigenvalue weighted by Crippen LogP contribution is -2.03. The summed E-state index contributed by atoms with van der Waals surface area (Å²) in [6, 6.07) is 18.7. The van der Waals surface area contributed by atoms with Crippen molar-refractivity contribution in [1.82, 2.24) is 4.98 Å². The molecule has 21 heavy (non-hydrogen) atoms. The molecule has 1 aromatic heterocycles. The summed E-state index contributed by atoms with van der Waals surface area (Å²) in [7, 11) is 0. The highest BCUT2D eigenvalue weighted by Gasteiger charge is 2.05. The van der Waals surface area contributed by atoms with Gasteiger partial charge in [0, 0.05) is 12.4 Å². The van der Waals surface area contributed by atoms with E-state index in [4.69, 9.17) is 4.74 Å². The molecule has 1 heterocycles. The number of ether oxygens (including phenoxy) is 1. The highest BCUT2D eigenvalue weighted by molar-refractivity contribution is 5.83. The van der Waals surface area contributed by atoms with Crippen LogP contribution in [0, 0.1) is 0 Å². The van der Waals surface area contributed by atoms with Crippen LogP contribution in [0.5, 0.6) is 5.75 Å². The molecule has 1 unspecified atom stereocenters. The van der Waals surface area contributed by atoms with Gasteiger partial charge in [-0.2, -0.15) is 0 Å². The lowest BCUT2D eigenvalue weighted by atomic mass is 10.00. The number of rotatable bonds is 5. The molecular weight excluding hydrogens is 258 g/mol. The summed E-state index contributed by atoms with van der Waals surface area (Å²) in [5, 5.41) is 2.46. The third kappa shape index (κ3) is 3.40. The molecule has 0 amide bonds. The van der Waals surface area contributed by atoms with Crippen LogP contribution in [-0.2, 0) is 0 Å². The molecule has 2 nitrogen and oxygen atoms in total. The highest BCUT2D eigenvalue weighted by atomic mass is 16.5. The molecule has 0 radical (unpaired) electrons. The minimum atomic E-state index is 0.480. The Labute approximate surface area is 125 Å².